The zero-order valence-corrected chi connectivity index (χ0v) is 10.6. The van der Waals surface area contributed by atoms with Gasteiger partial charge in [0, 0.05) is 0 Å². The molecule has 0 spiro atoms. The summed E-state index contributed by atoms with van der Waals surface area (Å²) in [5.41, 5.74) is 0. The van der Waals surface area contributed by atoms with E-state index in [1.54, 1.807) is 0 Å². The van der Waals surface area contributed by atoms with Crippen molar-refractivity contribution in [2.75, 3.05) is 0 Å². The normalized spacial score (nSPS) is 11.3. The molecule has 1 N–H and O–H groups in total. The Morgan fingerprint density at radius 2 is 1.77 bits per heavy atom. The predicted octanol–water partition coefficient (Wildman–Crippen LogP) is 3.87. The third-order valence-electron chi connectivity index (χ3n) is 1.66. The van der Waals surface area contributed by atoms with Crippen molar-refractivity contribution in [3.63, 3.8) is 0 Å². The van der Waals surface area contributed by atoms with Gasteiger partial charge in [-0.3, -0.25) is 0 Å². The minimum atomic E-state index is -1.29. The van der Waals surface area contributed by atoms with Crippen LogP contribution in [-0.4, -0.2) is 4.98 Å². The standard InChI is InChI=1S/C10H9BrIN/c11-12(10-7-4-8-13-10)9-5-2-1-3-6-9/h1-8,13H. The third kappa shape index (κ3) is 2.14. The Balaban J connectivity index is 2.29. The number of hydrogen-bond donors (Lipinski definition) is 1. The van der Waals surface area contributed by atoms with Crippen LogP contribution < -0.4 is 0 Å². The molecule has 0 aliphatic heterocycles. The van der Waals surface area contributed by atoms with Crippen LogP contribution in [0, 0.1) is 7.27 Å². The molecule has 0 atom stereocenters. The molecule has 0 aliphatic rings. The number of rotatable bonds is 2. The summed E-state index contributed by atoms with van der Waals surface area (Å²) in [5.74, 6) is 0. The average molecular weight is 350 g/mol. The number of nitrogens with one attached hydrogen (secondary N) is 1. The molecule has 1 heterocycles. The van der Waals surface area contributed by atoms with Gasteiger partial charge < -0.3 is 0 Å². The molecule has 0 unspecified atom stereocenters. The first-order valence-corrected chi connectivity index (χ1v) is 10.9. The monoisotopic (exact) mass is 349 g/mol. The fourth-order valence-electron chi connectivity index (χ4n) is 1.05. The van der Waals surface area contributed by atoms with E-state index in [0.29, 0.717) is 0 Å². The molecule has 0 aliphatic carbocycles. The van der Waals surface area contributed by atoms with E-state index < -0.39 is 17.6 Å². The fraction of sp³-hybridized carbons (Fsp3) is 0. The van der Waals surface area contributed by atoms with Gasteiger partial charge in [-0.25, -0.2) is 0 Å². The van der Waals surface area contributed by atoms with Crippen molar-refractivity contribution in [2.45, 2.75) is 0 Å². The molecule has 2 rings (SSSR count). The summed E-state index contributed by atoms with van der Waals surface area (Å²) in [6, 6.07) is 14.8. The van der Waals surface area contributed by atoms with E-state index in [4.69, 9.17) is 0 Å². The number of halogens is 2. The summed E-state index contributed by atoms with van der Waals surface area (Å²) < 4.78 is 2.77. The van der Waals surface area contributed by atoms with Gasteiger partial charge in [0.1, 0.15) is 0 Å². The van der Waals surface area contributed by atoms with Crippen LogP contribution in [0.2, 0.25) is 0 Å². The van der Waals surface area contributed by atoms with Gasteiger partial charge in [0.2, 0.25) is 0 Å². The second kappa shape index (κ2) is 4.28. The van der Waals surface area contributed by atoms with Gasteiger partial charge >= 0.3 is 91.2 Å². The van der Waals surface area contributed by atoms with Crippen LogP contribution in [-0.2, 0) is 0 Å². The molecule has 1 aromatic carbocycles. The van der Waals surface area contributed by atoms with Gasteiger partial charge in [-0.15, -0.1) is 0 Å². The summed E-state index contributed by atoms with van der Waals surface area (Å²) in [6.07, 6.45) is 1.98. The van der Waals surface area contributed by atoms with E-state index in [9.17, 15) is 0 Å². The van der Waals surface area contributed by atoms with Crippen LogP contribution in [0.5, 0.6) is 0 Å². The molecule has 3 heteroatoms. The molecular formula is C10H9BrIN. The molecule has 0 saturated carbocycles. The first-order valence-electron chi connectivity index (χ1n) is 3.93. The van der Waals surface area contributed by atoms with Crippen molar-refractivity contribution >= 4 is 30.3 Å². The van der Waals surface area contributed by atoms with Gasteiger partial charge in [-0.05, 0) is 0 Å². The van der Waals surface area contributed by atoms with Gasteiger partial charge in [0.25, 0.3) is 0 Å². The third-order valence-corrected chi connectivity index (χ3v) is 9.66. The molecule has 13 heavy (non-hydrogen) atoms. The van der Waals surface area contributed by atoms with Crippen LogP contribution in [0.4, 0.5) is 0 Å². The molecule has 0 bridgehead atoms. The summed E-state index contributed by atoms with van der Waals surface area (Å²) in [7, 11) is 0. The Labute approximate surface area is 90.7 Å². The van der Waals surface area contributed by atoms with Crippen LogP contribution in [0.25, 0.3) is 0 Å². The van der Waals surface area contributed by atoms with Gasteiger partial charge in [0.05, 0.1) is 0 Å². The van der Waals surface area contributed by atoms with E-state index in [0.717, 1.165) is 0 Å². The Hall–Kier alpha value is -0.290. The molecule has 0 radical (unpaired) electrons. The second-order valence-electron chi connectivity index (χ2n) is 2.55. The molecule has 2 aromatic rings. The van der Waals surface area contributed by atoms with E-state index in [2.05, 4.69) is 54.1 Å². The molecular weight excluding hydrogens is 341 g/mol. The Bertz CT molecular complexity index is 358. The summed E-state index contributed by atoms with van der Waals surface area (Å²) >= 11 is 2.51. The van der Waals surface area contributed by atoms with Crippen LogP contribution in [0.15, 0.2) is 48.7 Å². The summed E-state index contributed by atoms with van der Waals surface area (Å²) in [4.78, 5) is 3.26. The number of aromatic amines is 1. The number of hydrogen-bond acceptors (Lipinski definition) is 0. The first kappa shape index (κ1) is 9.27. The number of aromatic nitrogens is 1. The van der Waals surface area contributed by atoms with Gasteiger partial charge in [-0.2, -0.15) is 0 Å². The van der Waals surface area contributed by atoms with E-state index in [1.807, 2.05) is 12.3 Å². The van der Waals surface area contributed by atoms with Gasteiger partial charge in [-0.1, -0.05) is 0 Å². The zero-order chi connectivity index (χ0) is 9.10. The average Bonchev–Trinajstić information content (AvgIpc) is 2.71. The second-order valence-corrected chi connectivity index (χ2v) is 10.3. The molecule has 68 valence electrons. The van der Waals surface area contributed by atoms with Crippen LogP contribution in [0.3, 0.4) is 0 Å². The van der Waals surface area contributed by atoms with Crippen molar-refractivity contribution in [3.05, 3.63) is 55.9 Å². The fourth-order valence-corrected chi connectivity index (χ4v) is 6.34. The number of benzene rings is 1. The van der Waals surface area contributed by atoms with Crippen LogP contribution in [0.1, 0.15) is 0 Å². The van der Waals surface area contributed by atoms with Crippen molar-refractivity contribution in [3.8, 4) is 0 Å². The van der Waals surface area contributed by atoms with Crippen LogP contribution >= 0.6 is 30.3 Å². The summed E-state index contributed by atoms with van der Waals surface area (Å²) in [6.45, 7) is 0. The predicted molar refractivity (Wildman–Crippen MR) is 67.6 cm³/mol. The van der Waals surface area contributed by atoms with Crippen molar-refractivity contribution in [2.24, 2.45) is 0 Å². The Morgan fingerprint density at radius 3 is 2.38 bits per heavy atom. The van der Waals surface area contributed by atoms with Gasteiger partial charge in [0.15, 0.2) is 0 Å². The Kier molecular flexibility index (Phi) is 3.05. The minimum absolute atomic E-state index is 1.29. The van der Waals surface area contributed by atoms with E-state index in [1.165, 1.54) is 7.27 Å². The maximum atomic E-state index is 3.80. The SMILES string of the molecule is BrI(c1ccccc1)c1ccc[nH]1. The molecule has 0 fully saturated rings. The quantitative estimate of drug-likeness (QED) is 0.792. The van der Waals surface area contributed by atoms with Crippen molar-refractivity contribution in [1.29, 1.82) is 0 Å². The summed E-state index contributed by atoms with van der Waals surface area (Å²) in [5, 5.41) is 0. The van der Waals surface area contributed by atoms with Crippen molar-refractivity contribution < 1.29 is 0 Å². The van der Waals surface area contributed by atoms with E-state index in [-0.39, 0.29) is 0 Å². The molecule has 0 saturated heterocycles. The maximum absolute atomic E-state index is 3.80. The Morgan fingerprint density at radius 1 is 1.00 bits per heavy atom. The first-order chi connectivity index (χ1) is 6.38. The molecule has 0 amide bonds. The van der Waals surface area contributed by atoms with E-state index >= 15 is 0 Å². The topological polar surface area (TPSA) is 15.8 Å². The zero-order valence-electron chi connectivity index (χ0n) is 6.87. The number of H-pyrrole nitrogens is 1. The van der Waals surface area contributed by atoms with Crippen molar-refractivity contribution in [1.82, 2.24) is 4.98 Å². The molecule has 1 aromatic heterocycles. The molecule has 1 nitrogen and oxygen atoms in total.